The van der Waals surface area contributed by atoms with Gasteiger partial charge in [0, 0.05) is 53.2 Å². The van der Waals surface area contributed by atoms with E-state index in [0.29, 0.717) is 12.8 Å². The van der Waals surface area contributed by atoms with Crippen molar-refractivity contribution in [3.8, 4) is 0 Å². The molecule has 2 amide bonds. The number of nitrogens with zero attached hydrogens (tertiary/aromatic N) is 2. The number of hydrogen-bond acceptors (Lipinski definition) is 8. The lowest BCUT2D eigenvalue weighted by Gasteiger charge is -2.10. The van der Waals surface area contributed by atoms with E-state index in [9.17, 15) is 19.2 Å². The minimum Gasteiger partial charge on any atom is -0.462 e. The third kappa shape index (κ3) is 12.6. The van der Waals surface area contributed by atoms with Gasteiger partial charge in [0.1, 0.15) is 0 Å². The van der Waals surface area contributed by atoms with Crippen molar-refractivity contribution in [2.45, 2.75) is 12.8 Å². The van der Waals surface area contributed by atoms with Gasteiger partial charge < -0.3 is 28.7 Å². The lowest BCUT2D eigenvalue weighted by Crippen LogP contribution is -2.23. The van der Waals surface area contributed by atoms with Crippen LogP contribution in [-0.2, 0) is 28.5 Å². The molecule has 0 saturated heterocycles. The van der Waals surface area contributed by atoms with E-state index >= 15 is 0 Å². The van der Waals surface area contributed by atoms with E-state index in [4.69, 9.17) is 18.9 Å². The summed E-state index contributed by atoms with van der Waals surface area (Å²) >= 11 is 0. The largest absolute Gasteiger partial charge is 0.462 e. The third-order valence-electron chi connectivity index (χ3n) is 2.60. The molecule has 0 rings (SSSR count). The average Bonchev–Trinajstić information content (AvgIpc) is 2.58. The summed E-state index contributed by atoms with van der Waals surface area (Å²) in [7, 11) is 6.23. The van der Waals surface area contributed by atoms with Crippen molar-refractivity contribution in [3.63, 3.8) is 0 Å². The Morgan fingerprint density at radius 1 is 0.615 bits per heavy atom. The number of esters is 2. The molecule has 10 nitrogen and oxygen atoms in total. The van der Waals surface area contributed by atoms with E-state index in [-0.39, 0.29) is 26.4 Å². The molecule has 0 atom stereocenters. The number of carbonyl (C=O) groups is 4. The third-order valence-corrected chi connectivity index (χ3v) is 2.60. The molecule has 0 saturated carbocycles. The molecule has 0 fully saturated rings. The normalized spacial score (nSPS) is 10.2. The molecule has 0 aromatic heterocycles. The van der Waals surface area contributed by atoms with Crippen molar-refractivity contribution in [2.75, 3.05) is 54.6 Å². The molecular formula is C16H26N2O8. The van der Waals surface area contributed by atoms with E-state index in [1.165, 1.54) is 9.80 Å². The van der Waals surface area contributed by atoms with Gasteiger partial charge in [-0.1, -0.05) is 0 Å². The Morgan fingerprint density at radius 2 is 0.923 bits per heavy atom. The Balaban J connectivity index is 3.71. The zero-order valence-corrected chi connectivity index (χ0v) is 15.6. The zero-order valence-electron chi connectivity index (χ0n) is 15.6. The zero-order chi connectivity index (χ0) is 19.9. The molecule has 0 heterocycles. The molecule has 0 aromatic carbocycles. The van der Waals surface area contributed by atoms with Crippen molar-refractivity contribution in [3.05, 3.63) is 12.2 Å². The molecule has 0 radical (unpaired) electrons. The van der Waals surface area contributed by atoms with Crippen LogP contribution in [0.25, 0.3) is 0 Å². The van der Waals surface area contributed by atoms with Crippen LogP contribution in [0.15, 0.2) is 12.2 Å². The first kappa shape index (κ1) is 23.2. The van der Waals surface area contributed by atoms with Crippen LogP contribution < -0.4 is 0 Å². The lowest BCUT2D eigenvalue weighted by atomic mass is 10.4. The average molecular weight is 374 g/mol. The monoisotopic (exact) mass is 374 g/mol. The highest BCUT2D eigenvalue weighted by atomic mass is 16.6. The van der Waals surface area contributed by atoms with Gasteiger partial charge in [-0.05, 0) is 0 Å². The van der Waals surface area contributed by atoms with E-state index in [1.54, 1.807) is 28.2 Å². The van der Waals surface area contributed by atoms with Gasteiger partial charge in [0.05, 0.1) is 26.4 Å². The Kier molecular flexibility index (Phi) is 12.1. The Morgan fingerprint density at radius 3 is 1.23 bits per heavy atom. The van der Waals surface area contributed by atoms with Gasteiger partial charge in [-0.3, -0.25) is 0 Å². The van der Waals surface area contributed by atoms with Crippen molar-refractivity contribution in [1.82, 2.24) is 9.80 Å². The fraction of sp³-hybridized carbons (Fsp3) is 0.625. The molecule has 10 heteroatoms. The second-order valence-electron chi connectivity index (χ2n) is 5.39. The van der Waals surface area contributed by atoms with Gasteiger partial charge in [-0.2, -0.15) is 0 Å². The summed E-state index contributed by atoms with van der Waals surface area (Å²) in [6.07, 6.45) is 1.62. The van der Waals surface area contributed by atoms with Gasteiger partial charge >= 0.3 is 24.1 Å². The van der Waals surface area contributed by atoms with Crippen LogP contribution in [-0.4, -0.2) is 88.5 Å². The maximum absolute atomic E-state index is 11.4. The fourth-order valence-electron chi connectivity index (χ4n) is 1.27. The predicted molar refractivity (Wildman–Crippen MR) is 90.4 cm³/mol. The summed E-state index contributed by atoms with van der Waals surface area (Å²) in [5.74, 6) is -1.42. The van der Waals surface area contributed by atoms with Crippen LogP contribution in [0.3, 0.4) is 0 Å². The molecule has 0 bridgehead atoms. The first-order valence-electron chi connectivity index (χ1n) is 7.93. The van der Waals surface area contributed by atoms with Crippen molar-refractivity contribution < 1.29 is 38.1 Å². The quantitative estimate of drug-likeness (QED) is 0.239. The molecule has 0 N–H and O–H groups in total. The van der Waals surface area contributed by atoms with E-state index in [2.05, 4.69) is 0 Å². The van der Waals surface area contributed by atoms with Crippen molar-refractivity contribution in [1.29, 1.82) is 0 Å². The number of ether oxygens (including phenoxy) is 4. The van der Waals surface area contributed by atoms with Crippen LogP contribution >= 0.6 is 0 Å². The number of carbonyl (C=O) groups excluding carboxylic acids is 4. The topological polar surface area (TPSA) is 112 Å². The Bertz CT molecular complexity index is 458. The summed E-state index contributed by atoms with van der Waals surface area (Å²) in [6, 6.07) is 0. The molecule has 0 unspecified atom stereocenters. The molecule has 0 spiro atoms. The Hall–Kier alpha value is -2.78. The molecule has 148 valence electrons. The van der Waals surface area contributed by atoms with Gasteiger partial charge in [0.15, 0.2) is 0 Å². The highest BCUT2D eigenvalue weighted by Crippen LogP contribution is 1.93. The number of amides is 2. The van der Waals surface area contributed by atoms with Crippen molar-refractivity contribution >= 4 is 24.1 Å². The van der Waals surface area contributed by atoms with Crippen LogP contribution in [0.5, 0.6) is 0 Å². The maximum Gasteiger partial charge on any atom is 0.409 e. The molecular weight excluding hydrogens is 348 g/mol. The fourth-order valence-corrected chi connectivity index (χ4v) is 1.27. The summed E-state index contributed by atoms with van der Waals surface area (Å²) in [4.78, 5) is 47.5. The SMILES string of the molecule is CN(C)C(=O)OCCCOC(=O)/C=C/C(=O)OCCCOC(=O)N(C)C. The van der Waals surface area contributed by atoms with Crippen molar-refractivity contribution in [2.24, 2.45) is 0 Å². The highest BCUT2D eigenvalue weighted by molar-refractivity contribution is 5.91. The summed E-state index contributed by atoms with van der Waals surface area (Å²) in [5, 5.41) is 0. The Labute approximate surface area is 152 Å². The van der Waals surface area contributed by atoms with Gasteiger partial charge in [0.25, 0.3) is 0 Å². The van der Waals surface area contributed by atoms with Crippen LogP contribution in [0.4, 0.5) is 9.59 Å². The summed E-state index contributed by atoms with van der Waals surface area (Å²) in [6.45, 7) is 0.342. The van der Waals surface area contributed by atoms with E-state index < -0.39 is 24.1 Å². The van der Waals surface area contributed by atoms with Gasteiger partial charge in [-0.25, -0.2) is 19.2 Å². The number of rotatable bonds is 10. The minimum atomic E-state index is -0.708. The van der Waals surface area contributed by atoms with Crippen LogP contribution in [0.1, 0.15) is 12.8 Å². The van der Waals surface area contributed by atoms with Crippen LogP contribution in [0, 0.1) is 0 Å². The molecule has 26 heavy (non-hydrogen) atoms. The lowest BCUT2D eigenvalue weighted by molar-refractivity contribution is -0.140. The second-order valence-corrected chi connectivity index (χ2v) is 5.39. The second kappa shape index (κ2) is 13.5. The summed E-state index contributed by atoms with van der Waals surface area (Å²) in [5.41, 5.74) is 0. The van der Waals surface area contributed by atoms with Gasteiger partial charge in [-0.15, -0.1) is 0 Å². The standard InChI is InChI=1S/C16H26N2O8/c1-17(2)15(21)25-11-5-9-23-13(19)7-8-14(20)24-10-6-12-26-16(22)18(3)4/h7-8H,5-6,9-12H2,1-4H3/b8-7+. The summed E-state index contributed by atoms with van der Waals surface area (Å²) < 4.78 is 19.3. The first-order valence-corrected chi connectivity index (χ1v) is 7.93. The molecule has 0 aliphatic heterocycles. The highest BCUT2D eigenvalue weighted by Gasteiger charge is 2.06. The molecule has 0 aliphatic carbocycles. The molecule has 0 aliphatic rings. The van der Waals surface area contributed by atoms with Gasteiger partial charge in [0.2, 0.25) is 0 Å². The maximum atomic E-state index is 11.4. The predicted octanol–water partition coefficient (Wildman–Crippen LogP) is 0.806. The molecule has 0 aromatic rings. The number of hydrogen-bond donors (Lipinski definition) is 0. The smallest absolute Gasteiger partial charge is 0.409 e. The minimum absolute atomic E-state index is 0.0518. The van der Waals surface area contributed by atoms with Crippen LogP contribution in [0.2, 0.25) is 0 Å². The van der Waals surface area contributed by atoms with E-state index in [1.807, 2.05) is 0 Å². The first-order chi connectivity index (χ1) is 12.2. The van der Waals surface area contributed by atoms with E-state index in [0.717, 1.165) is 12.2 Å².